The summed E-state index contributed by atoms with van der Waals surface area (Å²) in [6.07, 6.45) is 38.6. The van der Waals surface area contributed by atoms with Crippen LogP contribution in [0.2, 0.25) is 0 Å². The van der Waals surface area contributed by atoms with Crippen molar-refractivity contribution in [1.29, 1.82) is 0 Å². The number of unbranched alkanes of at least 4 members (excludes halogenated alkanes) is 24. The standard InChI is InChI=1S/C38H70S2/c1-4-7-9-11-13-15-17-19-21-23-25-27-29-31-39-37-33-36(6-3)34-38(35-37)40-32-30-28-26-24-22-20-18-16-14-12-10-8-5-2/h33-35H,4-32H2,1-3H3. The zero-order chi connectivity index (χ0) is 28.8. The molecule has 0 saturated carbocycles. The van der Waals surface area contributed by atoms with Crippen molar-refractivity contribution in [2.75, 3.05) is 11.5 Å². The van der Waals surface area contributed by atoms with Crippen LogP contribution >= 0.6 is 23.5 Å². The molecule has 0 bridgehead atoms. The molecule has 0 unspecified atom stereocenters. The van der Waals surface area contributed by atoms with Crippen LogP contribution in [-0.4, -0.2) is 11.5 Å². The molecular formula is C38H70S2. The number of benzene rings is 1. The van der Waals surface area contributed by atoms with Gasteiger partial charge in [0.1, 0.15) is 0 Å². The second kappa shape index (κ2) is 30.4. The fourth-order valence-corrected chi connectivity index (χ4v) is 7.75. The Bertz CT molecular complexity index is 590. The third-order valence-corrected chi connectivity index (χ3v) is 10.5. The molecule has 234 valence electrons. The lowest BCUT2D eigenvalue weighted by Crippen LogP contribution is -1.88. The van der Waals surface area contributed by atoms with Crippen molar-refractivity contribution >= 4 is 23.5 Å². The smallest absolute Gasteiger partial charge is 0.00858 e. The highest BCUT2D eigenvalue weighted by Gasteiger charge is 2.03. The fraction of sp³-hybridized carbons (Fsp3) is 0.842. The summed E-state index contributed by atoms with van der Waals surface area (Å²) in [5.41, 5.74) is 1.52. The summed E-state index contributed by atoms with van der Waals surface area (Å²) in [6, 6.07) is 7.36. The minimum Gasteiger partial charge on any atom is -0.126 e. The van der Waals surface area contributed by atoms with Crippen molar-refractivity contribution in [3.05, 3.63) is 23.8 Å². The van der Waals surface area contributed by atoms with Crippen LogP contribution in [0.25, 0.3) is 0 Å². The molecule has 0 aromatic heterocycles. The summed E-state index contributed by atoms with van der Waals surface area (Å²) < 4.78 is 0. The van der Waals surface area contributed by atoms with E-state index in [1.807, 2.05) is 0 Å². The molecule has 0 spiro atoms. The summed E-state index contributed by atoms with van der Waals surface area (Å²) in [4.78, 5) is 3.01. The Morgan fingerprint density at radius 2 is 0.625 bits per heavy atom. The van der Waals surface area contributed by atoms with E-state index in [-0.39, 0.29) is 0 Å². The van der Waals surface area contributed by atoms with Gasteiger partial charge in [-0.1, -0.05) is 175 Å². The molecule has 40 heavy (non-hydrogen) atoms. The van der Waals surface area contributed by atoms with Gasteiger partial charge < -0.3 is 0 Å². The number of thioether (sulfide) groups is 2. The Hall–Kier alpha value is -0.0800. The van der Waals surface area contributed by atoms with Crippen LogP contribution in [-0.2, 0) is 6.42 Å². The van der Waals surface area contributed by atoms with Crippen molar-refractivity contribution in [3.8, 4) is 0 Å². The zero-order valence-corrected chi connectivity index (χ0v) is 29.2. The molecule has 0 amide bonds. The molecule has 0 aliphatic heterocycles. The second-order valence-corrected chi connectivity index (χ2v) is 14.7. The van der Waals surface area contributed by atoms with Gasteiger partial charge in [0, 0.05) is 9.79 Å². The first-order valence-corrected chi connectivity index (χ1v) is 20.2. The molecule has 0 fully saturated rings. The van der Waals surface area contributed by atoms with Crippen LogP contribution in [0.3, 0.4) is 0 Å². The predicted octanol–water partition coefficient (Wildman–Crippen LogP) is 14.6. The maximum Gasteiger partial charge on any atom is 0.00858 e. The molecule has 0 heterocycles. The van der Waals surface area contributed by atoms with Gasteiger partial charge in [0.25, 0.3) is 0 Å². The molecule has 0 radical (unpaired) electrons. The van der Waals surface area contributed by atoms with E-state index in [1.54, 1.807) is 0 Å². The molecular weight excluding hydrogens is 521 g/mol. The van der Waals surface area contributed by atoms with Gasteiger partial charge in [0.2, 0.25) is 0 Å². The molecule has 0 N–H and O–H groups in total. The predicted molar refractivity (Wildman–Crippen MR) is 189 cm³/mol. The third-order valence-electron chi connectivity index (χ3n) is 8.38. The Morgan fingerprint density at radius 1 is 0.350 bits per heavy atom. The van der Waals surface area contributed by atoms with Gasteiger partial charge in [-0.25, -0.2) is 0 Å². The van der Waals surface area contributed by atoms with Gasteiger partial charge >= 0.3 is 0 Å². The highest BCUT2D eigenvalue weighted by molar-refractivity contribution is 8.00. The first kappa shape index (κ1) is 37.9. The first-order chi connectivity index (χ1) is 19.8. The van der Waals surface area contributed by atoms with Gasteiger partial charge in [-0.05, 0) is 54.5 Å². The molecule has 0 saturated heterocycles. The Kier molecular flexibility index (Phi) is 28.8. The lowest BCUT2D eigenvalue weighted by Gasteiger charge is -2.09. The summed E-state index contributed by atoms with van der Waals surface area (Å²) >= 11 is 4.19. The second-order valence-electron chi connectivity index (χ2n) is 12.3. The Balaban J connectivity index is 2.01. The molecule has 0 aliphatic rings. The van der Waals surface area contributed by atoms with Crippen LogP contribution in [0.5, 0.6) is 0 Å². The van der Waals surface area contributed by atoms with E-state index in [2.05, 4.69) is 62.5 Å². The van der Waals surface area contributed by atoms with Gasteiger partial charge in [-0.3, -0.25) is 0 Å². The van der Waals surface area contributed by atoms with Crippen molar-refractivity contribution in [2.45, 2.75) is 204 Å². The van der Waals surface area contributed by atoms with E-state index in [0.717, 1.165) is 6.42 Å². The van der Waals surface area contributed by atoms with Crippen molar-refractivity contribution in [2.24, 2.45) is 0 Å². The fourth-order valence-electron chi connectivity index (χ4n) is 5.62. The number of aryl methyl sites for hydroxylation is 1. The van der Waals surface area contributed by atoms with Gasteiger partial charge in [0.05, 0.1) is 0 Å². The first-order valence-electron chi connectivity index (χ1n) is 18.2. The van der Waals surface area contributed by atoms with Crippen LogP contribution in [0.15, 0.2) is 28.0 Å². The van der Waals surface area contributed by atoms with Gasteiger partial charge in [0.15, 0.2) is 0 Å². The Labute approximate surface area is 261 Å². The van der Waals surface area contributed by atoms with E-state index in [0.29, 0.717) is 0 Å². The van der Waals surface area contributed by atoms with E-state index in [1.165, 1.54) is 194 Å². The van der Waals surface area contributed by atoms with Crippen LogP contribution < -0.4 is 0 Å². The topological polar surface area (TPSA) is 0 Å². The summed E-state index contributed by atoms with van der Waals surface area (Å²) in [5, 5.41) is 0. The van der Waals surface area contributed by atoms with E-state index in [4.69, 9.17) is 0 Å². The largest absolute Gasteiger partial charge is 0.126 e. The zero-order valence-electron chi connectivity index (χ0n) is 27.6. The highest BCUT2D eigenvalue weighted by atomic mass is 32.2. The SMILES string of the molecule is CCCCCCCCCCCCCCCSc1cc(CC)cc(SCCCCCCCCCCCCCCC)c1. The lowest BCUT2D eigenvalue weighted by molar-refractivity contribution is 0.543. The maximum absolute atomic E-state index is 2.47. The molecule has 0 aliphatic carbocycles. The number of hydrogen-bond acceptors (Lipinski definition) is 2. The van der Waals surface area contributed by atoms with Crippen molar-refractivity contribution in [3.63, 3.8) is 0 Å². The van der Waals surface area contributed by atoms with Crippen molar-refractivity contribution < 1.29 is 0 Å². The summed E-state index contributed by atoms with van der Waals surface area (Å²) in [6.45, 7) is 6.91. The number of hydrogen-bond donors (Lipinski definition) is 0. The van der Waals surface area contributed by atoms with Gasteiger partial charge in [-0.15, -0.1) is 23.5 Å². The lowest BCUT2D eigenvalue weighted by atomic mass is 10.1. The van der Waals surface area contributed by atoms with Crippen molar-refractivity contribution in [1.82, 2.24) is 0 Å². The average molecular weight is 591 g/mol. The molecule has 2 heteroatoms. The normalized spacial score (nSPS) is 11.5. The molecule has 1 aromatic carbocycles. The third kappa shape index (κ3) is 24.5. The minimum absolute atomic E-state index is 1.15. The minimum atomic E-state index is 1.15. The summed E-state index contributed by atoms with van der Waals surface area (Å²) in [5.74, 6) is 2.57. The van der Waals surface area contributed by atoms with Crippen LogP contribution in [0.1, 0.15) is 193 Å². The molecule has 0 nitrogen and oxygen atoms in total. The number of rotatable bonds is 31. The van der Waals surface area contributed by atoms with Gasteiger partial charge in [-0.2, -0.15) is 0 Å². The van der Waals surface area contributed by atoms with E-state index >= 15 is 0 Å². The highest BCUT2D eigenvalue weighted by Crippen LogP contribution is 2.29. The van der Waals surface area contributed by atoms with E-state index < -0.39 is 0 Å². The summed E-state index contributed by atoms with van der Waals surface area (Å²) in [7, 11) is 0. The molecule has 0 atom stereocenters. The van der Waals surface area contributed by atoms with E-state index in [9.17, 15) is 0 Å². The van der Waals surface area contributed by atoms with Crippen LogP contribution in [0.4, 0.5) is 0 Å². The maximum atomic E-state index is 2.47. The average Bonchev–Trinajstić information content (AvgIpc) is 2.97. The Morgan fingerprint density at radius 3 is 0.900 bits per heavy atom. The quantitative estimate of drug-likeness (QED) is 0.0623. The molecule has 1 aromatic rings. The molecule has 1 rings (SSSR count). The van der Waals surface area contributed by atoms with Crippen LogP contribution in [0, 0.1) is 0 Å². The monoisotopic (exact) mass is 590 g/mol.